The van der Waals surface area contributed by atoms with Gasteiger partial charge in [0.15, 0.2) is 0 Å². The van der Waals surface area contributed by atoms with Crippen molar-refractivity contribution in [3.63, 3.8) is 0 Å². The number of hydrogen-bond acceptors (Lipinski definition) is 6. The minimum atomic E-state index is -0.505. The molecule has 152 valence electrons. The van der Waals surface area contributed by atoms with Crippen LogP contribution in [0.25, 0.3) is 0 Å². The molecule has 6 heteroatoms. The molecule has 1 aromatic rings. The van der Waals surface area contributed by atoms with Crippen molar-refractivity contribution in [3.8, 4) is 11.5 Å². The van der Waals surface area contributed by atoms with E-state index in [0.29, 0.717) is 19.6 Å². The van der Waals surface area contributed by atoms with Crippen LogP contribution in [0.2, 0.25) is 0 Å². The molecule has 1 aromatic carbocycles. The second kappa shape index (κ2) is 10.3. The summed E-state index contributed by atoms with van der Waals surface area (Å²) >= 11 is 0. The zero-order valence-corrected chi connectivity index (χ0v) is 16.5. The molecule has 2 fully saturated rings. The second-order valence-electron chi connectivity index (χ2n) is 7.85. The Hall–Kier alpha value is -1.34. The van der Waals surface area contributed by atoms with E-state index < -0.39 is 6.10 Å². The lowest BCUT2D eigenvalue weighted by Gasteiger charge is -2.36. The first-order valence-electron chi connectivity index (χ1n) is 10.2. The van der Waals surface area contributed by atoms with Crippen molar-refractivity contribution in [1.29, 1.82) is 0 Å². The summed E-state index contributed by atoms with van der Waals surface area (Å²) in [5.41, 5.74) is 1.06. The number of aliphatic hydroxyl groups excluding tert-OH is 2. The van der Waals surface area contributed by atoms with E-state index in [0.717, 1.165) is 36.7 Å². The van der Waals surface area contributed by atoms with Gasteiger partial charge < -0.3 is 24.6 Å². The summed E-state index contributed by atoms with van der Waals surface area (Å²) in [5.74, 6) is 1.50. The standard InChI is InChI=1S/C21H34N2O4/c1-26-20-8-7-17(12-23-13-18(24)14-23)21(11-20)27-16-19(25)15-22-9-5-3-2-4-6-10-22/h7-8,11,18-19,24-25H,2-6,9-10,12-16H2,1H3/t19-/m0/s1. The molecule has 1 atom stereocenters. The molecular weight excluding hydrogens is 344 g/mol. The number of methoxy groups -OCH3 is 1. The number of hydrogen-bond donors (Lipinski definition) is 2. The smallest absolute Gasteiger partial charge is 0.127 e. The highest BCUT2D eigenvalue weighted by Crippen LogP contribution is 2.27. The molecule has 27 heavy (non-hydrogen) atoms. The van der Waals surface area contributed by atoms with Gasteiger partial charge in [0.05, 0.1) is 13.2 Å². The predicted octanol–water partition coefficient (Wildman–Crippen LogP) is 1.88. The molecule has 0 aliphatic carbocycles. The number of β-amino-alcohol motifs (C(OH)–C–C–N with tert-alkyl or cyclic N) is 2. The van der Waals surface area contributed by atoms with Gasteiger partial charge in [0, 0.05) is 37.8 Å². The van der Waals surface area contributed by atoms with Gasteiger partial charge in [-0.15, -0.1) is 0 Å². The molecule has 3 rings (SSSR count). The fraction of sp³-hybridized carbons (Fsp3) is 0.714. The summed E-state index contributed by atoms with van der Waals surface area (Å²) < 4.78 is 11.3. The summed E-state index contributed by atoms with van der Waals surface area (Å²) in [5, 5.41) is 20.0. The van der Waals surface area contributed by atoms with Crippen molar-refractivity contribution in [3.05, 3.63) is 23.8 Å². The highest BCUT2D eigenvalue weighted by molar-refractivity contribution is 5.41. The number of nitrogens with zero attached hydrogens (tertiary/aromatic N) is 2. The summed E-state index contributed by atoms with van der Waals surface area (Å²) in [4.78, 5) is 4.54. The molecule has 0 aromatic heterocycles. The van der Waals surface area contributed by atoms with E-state index in [1.165, 1.54) is 32.1 Å². The van der Waals surface area contributed by atoms with E-state index >= 15 is 0 Å². The van der Waals surface area contributed by atoms with E-state index in [9.17, 15) is 10.2 Å². The summed E-state index contributed by atoms with van der Waals surface area (Å²) in [6.07, 6.45) is 5.64. The molecule has 2 heterocycles. The number of likely N-dealkylation sites (tertiary alicyclic amines) is 2. The number of ether oxygens (including phenoxy) is 2. The predicted molar refractivity (Wildman–Crippen MR) is 105 cm³/mol. The third-order valence-electron chi connectivity index (χ3n) is 5.46. The van der Waals surface area contributed by atoms with Crippen molar-refractivity contribution in [2.24, 2.45) is 0 Å². The van der Waals surface area contributed by atoms with Gasteiger partial charge in [-0.3, -0.25) is 4.90 Å². The molecule has 0 spiro atoms. The molecule has 0 bridgehead atoms. The SMILES string of the molecule is COc1ccc(CN2CC(O)C2)c(OC[C@@H](O)CN2CCCCCCC2)c1. The van der Waals surface area contributed by atoms with Gasteiger partial charge in [-0.05, 0) is 32.0 Å². The average molecular weight is 379 g/mol. The van der Waals surface area contributed by atoms with Crippen LogP contribution < -0.4 is 9.47 Å². The van der Waals surface area contributed by atoms with Gasteiger partial charge in [0.2, 0.25) is 0 Å². The fourth-order valence-electron chi connectivity index (χ4n) is 3.87. The van der Waals surface area contributed by atoms with E-state index in [1.54, 1.807) is 7.11 Å². The van der Waals surface area contributed by atoms with Gasteiger partial charge in [0.25, 0.3) is 0 Å². The van der Waals surface area contributed by atoms with Crippen molar-refractivity contribution in [1.82, 2.24) is 9.80 Å². The molecule has 2 aliphatic rings. The van der Waals surface area contributed by atoms with Crippen molar-refractivity contribution < 1.29 is 19.7 Å². The minimum absolute atomic E-state index is 0.215. The van der Waals surface area contributed by atoms with Crippen LogP contribution in [0, 0.1) is 0 Å². The maximum absolute atomic E-state index is 10.5. The monoisotopic (exact) mass is 378 g/mol. The van der Waals surface area contributed by atoms with Crippen LogP contribution in [0.4, 0.5) is 0 Å². The first kappa shape index (κ1) is 20.4. The second-order valence-corrected chi connectivity index (χ2v) is 7.85. The van der Waals surface area contributed by atoms with Crippen molar-refractivity contribution >= 4 is 0 Å². The Morgan fingerprint density at radius 1 is 1.07 bits per heavy atom. The molecule has 2 N–H and O–H groups in total. The van der Waals surface area contributed by atoms with E-state index in [-0.39, 0.29) is 12.7 Å². The molecule has 0 radical (unpaired) electrons. The Morgan fingerprint density at radius 2 is 1.78 bits per heavy atom. The van der Waals surface area contributed by atoms with Crippen molar-refractivity contribution in [2.45, 2.75) is 50.9 Å². The number of aliphatic hydroxyl groups is 2. The van der Waals surface area contributed by atoms with Gasteiger partial charge >= 0.3 is 0 Å². The molecule has 0 amide bonds. The van der Waals surface area contributed by atoms with E-state index in [1.807, 2.05) is 18.2 Å². The Kier molecular flexibility index (Phi) is 7.76. The molecule has 2 aliphatic heterocycles. The highest BCUT2D eigenvalue weighted by atomic mass is 16.5. The number of rotatable bonds is 8. The third-order valence-corrected chi connectivity index (χ3v) is 5.46. The van der Waals surface area contributed by atoms with Crippen LogP contribution in [0.1, 0.15) is 37.7 Å². The Bertz CT molecular complexity index is 569. The lowest BCUT2D eigenvalue weighted by Crippen LogP contribution is -2.49. The lowest BCUT2D eigenvalue weighted by molar-refractivity contribution is -0.00358. The van der Waals surface area contributed by atoms with Crippen LogP contribution in [0.15, 0.2) is 18.2 Å². The van der Waals surface area contributed by atoms with Crippen molar-refractivity contribution in [2.75, 3.05) is 46.4 Å². The largest absolute Gasteiger partial charge is 0.497 e. The molecule has 0 unspecified atom stereocenters. The van der Waals surface area contributed by atoms with Crippen LogP contribution in [-0.4, -0.2) is 78.7 Å². The maximum Gasteiger partial charge on any atom is 0.127 e. The van der Waals surface area contributed by atoms with Crippen LogP contribution in [0.3, 0.4) is 0 Å². The van der Waals surface area contributed by atoms with Gasteiger partial charge in [0.1, 0.15) is 24.2 Å². The minimum Gasteiger partial charge on any atom is -0.497 e. The molecule has 6 nitrogen and oxygen atoms in total. The zero-order chi connectivity index (χ0) is 19.1. The summed E-state index contributed by atoms with van der Waals surface area (Å²) in [6, 6.07) is 5.81. The van der Waals surface area contributed by atoms with Crippen LogP contribution in [-0.2, 0) is 6.54 Å². The quantitative estimate of drug-likeness (QED) is 0.720. The highest BCUT2D eigenvalue weighted by Gasteiger charge is 2.25. The number of benzene rings is 1. The molecular formula is C21H34N2O4. The summed E-state index contributed by atoms with van der Waals surface area (Å²) in [6.45, 7) is 5.21. The van der Waals surface area contributed by atoms with Crippen LogP contribution >= 0.6 is 0 Å². The Balaban J connectivity index is 1.53. The van der Waals surface area contributed by atoms with Gasteiger partial charge in [-0.25, -0.2) is 0 Å². The lowest BCUT2D eigenvalue weighted by atomic mass is 10.1. The van der Waals surface area contributed by atoms with Gasteiger partial charge in [-0.2, -0.15) is 0 Å². The topological polar surface area (TPSA) is 65.4 Å². The van der Waals surface area contributed by atoms with E-state index in [2.05, 4.69) is 9.80 Å². The normalized spacial score (nSPS) is 21.1. The first-order chi connectivity index (χ1) is 13.1. The Labute approximate surface area is 162 Å². The fourth-order valence-corrected chi connectivity index (χ4v) is 3.87. The van der Waals surface area contributed by atoms with Crippen LogP contribution in [0.5, 0.6) is 11.5 Å². The van der Waals surface area contributed by atoms with Gasteiger partial charge in [-0.1, -0.05) is 25.3 Å². The maximum atomic E-state index is 10.5. The third kappa shape index (κ3) is 6.35. The zero-order valence-electron chi connectivity index (χ0n) is 16.5. The summed E-state index contributed by atoms with van der Waals surface area (Å²) in [7, 11) is 1.64. The average Bonchev–Trinajstić information content (AvgIpc) is 2.61. The molecule has 0 saturated carbocycles. The first-order valence-corrected chi connectivity index (χ1v) is 10.2. The Morgan fingerprint density at radius 3 is 2.44 bits per heavy atom. The molecule has 2 saturated heterocycles. The van der Waals surface area contributed by atoms with E-state index in [4.69, 9.17) is 9.47 Å².